The molecular weight excluding hydrogens is 456 g/mol. The summed E-state index contributed by atoms with van der Waals surface area (Å²) in [7, 11) is 1.73. The van der Waals surface area contributed by atoms with Gasteiger partial charge in [-0.25, -0.2) is 4.98 Å². The summed E-state index contributed by atoms with van der Waals surface area (Å²) in [6.45, 7) is 6.83. The van der Waals surface area contributed by atoms with Crippen LogP contribution in [-0.2, 0) is 24.8 Å². The van der Waals surface area contributed by atoms with E-state index in [0.29, 0.717) is 17.1 Å². The van der Waals surface area contributed by atoms with Crippen molar-refractivity contribution in [2.75, 3.05) is 18.8 Å². The normalized spacial score (nSPS) is 14.7. The van der Waals surface area contributed by atoms with Gasteiger partial charge in [-0.1, -0.05) is 71.9 Å². The average molecular weight is 491 g/mol. The third-order valence-electron chi connectivity index (χ3n) is 6.55. The van der Waals surface area contributed by atoms with Crippen molar-refractivity contribution in [2.24, 2.45) is 7.05 Å². The SMILES string of the molecule is Cc1cccc(Cc2c(C)nc(SCC(=O)NC3CCN(Cc4ccccc4)CC3)n(C)c2=O)c1. The molecule has 1 amide bonds. The Morgan fingerprint density at radius 3 is 2.49 bits per heavy atom. The number of carbonyl (C=O) groups is 1. The lowest BCUT2D eigenvalue weighted by Gasteiger charge is -2.32. The molecule has 1 aliphatic rings. The maximum Gasteiger partial charge on any atom is 0.257 e. The van der Waals surface area contributed by atoms with Crippen LogP contribution in [-0.4, -0.2) is 45.2 Å². The standard InChI is InChI=1S/C28H34N4O2S/c1-20-8-7-11-23(16-20)17-25-21(2)29-28(31(3)27(25)34)35-19-26(33)30-24-12-14-32(15-13-24)18-22-9-5-4-6-10-22/h4-11,16,24H,12-15,17-19H2,1-3H3,(H,30,33). The van der Waals surface area contributed by atoms with Gasteiger partial charge in [0, 0.05) is 50.4 Å². The number of carbonyl (C=O) groups excluding carboxylic acids is 1. The van der Waals surface area contributed by atoms with Crippen LogP contribution in [0.3, 0.4) is 0 Å². The van der Waals surface area contributed by atoms with Crippen LogP contribution in [0.5, 0.6) is 0 Å². The molecule has 0 saturated carbocycles. The molecule has 7 heteroatoms. The first kappa shape index (κ1) is 25.2. The van der Waals surface area contributed by atoms with Gasteiger partial charge < -0.3 is 5.32 Å². The molecule has 1 aliphatic heterocycles. The Labute approximate surface area is 211 Å². The summed E-state index contributed by atoms with van der Waals surface area (Å²) in [5, 5.41) is 3.75. The number of aryl methyl sites for hydroxylation is 2. The lowest BCUT2D eigenvalue weighted by atomic mass is 10.0. The highest BCUT2D eigenvalue weighted by molar-refractivity contribution is 7.99. The van der Waals surface area contributed by atoms with Gasteiger partial charge in [0.25, 0.3) is 5.56 Å². The molecule has 0 spiro atoms. The van der Waals surface area contributed by atoms with Gasteiger partial charge in [-0.15, -0.1) is 0 Å². The molecular formula is C28H34N4O2S. The quantitative estimate of drug-likeness (QED) is 0.384. The van der Waals surface area contributed by atoms with E-state index in [1.807, 2.05) is 38.1 Å². The zero-order chi connectivity index (χ0) is 24.8. The third-order valence-corrected chi connectivity index (χ3v) is 7.58. The summed E-state index contributed by atoms with van der Waals surface area (Å²) >= 11 is 1.32. The molecule has 0 bridgehead atoms. The maximum atomic E-state index is 13.0. The molecule has 1 saturated heterocycles. The van der Waals surface area contributed by atoms with Crippen LogP contribution in [0.15, 0.2) is 64.5 Å². The Morgan fingerprint density at radius 2 is 1.77 bits per heavy atom. The highest BCUT2D eigenvalue weighted by Crippen LogP contribution is 2.18. The first-order valence-electron chi connectivity index (χ1n) is 12.2. The monoisotopic (exact) mass is 490 g/mol. The van der Waals surface area contributed by atoms with E-state index in [1.54, 1.807) is 11.6 Å². The molecule has 184 valence electrons. The van der Waals surface area contributed by atoms with Gasteiger partial charge in [-0.05, 0) is 37.8 Å². The van der Waals surface area contributed by atoms with Crippen LogP contribution in [0.4, 0.5) is 0 Å². The Kier molecular flexibility index (Phi) is 8.42. The molecule has 4 rings (SSSR count). The van der Waals surface area contributed by atoms with Gasteiger partial charge >= 0.3 is 0 Å². The summed E-state index contributed by atoms with van der Waals surface area (Å²) in [6.07, 6.45) is 2.46. The van der Waals surface area contributed by atoms with Crippen LogP contribution in [0, 0.1) is 13.8 Å². The number of nitrogens with zero attached hydrogens (tertiary/aromatic N) is 3. The number of hydrogen-bond donors (Lipinski definition) is 1. The van der Waals surface area contributed by atoms with Crippen molar-refractivity contribution < 1.29 is 4.79 Å². The lowest BCUT2D eigenvalue weighted by Crippen LogP contribution is -2.44. The Bertz CT molecular complexity index is 1220. The maximum absolute atomic E-state index is 13.0. The zero-order valence-electron chi connectivity index (χ0n) is 20.8. The first-order chi connectivity index (χ1) is 16.9. The molecule has 1 aromatic heterocycles. The van der Waals surface area contributed by atoms with Crippen LogP contribution in [0.25, 0.3) is 0 Å². The summed E-state index contributed by atoms with van der Waals surface area (Å²) in [4.78, 5) is 32.7. The van der Waals surface area contributed by atoms with E-state index in [9.17, 15) is 9.59 Å². The number of hydrogen-bond acceptors (Lipinski definition) is 5. The predicted octanol–water partition coefficient (Wildman–Crippen LogP) is 3.86. The number of thioether (sulfide) groups is 1. The molecule has 0 atom stereocenters. The van der Waals surface area contributed by atoms with Crippen LogP contribution >= 0.6 is 11.8 Å². The Hall–Kier alpha value is -2.90. The van der Waals surface area contributed by atoms with E-state index in [1.165, 1.54) is 22.9 Å². The largest absolute Gasteiger partial charge is 0.353 e. The van der Waals surface area contributed by atoms with E-state index in [0.717, 1.165) is 43.7 Å². The number of nitrogens with one attached hydrogen (secondary N) is 1. The third kappa shape index (κ3) is 6.83. The van der Waals surface area contributed by atoms with Crippen LogP contribution in [0.1, 0.15) is 40.8 Å². The molecule has 0 aliphatic carbocycles. The smallest absolute Gasteiger partial charge is 0.257 e. The summed E-state index contributed by atoms with van der Waals surface area (Å²) in [6, 6.07) is 18.9. The Morgan fingerprint density at radius 1 is 1.06 bits per heavy atom. The van der Waals surface area contributed by atoms with Crippen LogP contribution in [0.2, 0.25) is 0 Å². The first-order valence-corrected chi connectivity index (χ1v) is 13.2. The highest BCUT2D eigenvalue weighted by Gasteiger charge is 2.21. The summed E-state index contributed by atoms with van der Waals surface area (Å²) in [5.41, 5.74) is 4.97. The van der Waals surface area contributed by atoms with Crippen molar-refractivity contribution in [3.8, 4) is 0 Å². The van der Waals surface area contributed by atoms with Gasteiger partial charge in [0.2, 0.25) is 5.91 Å². The molecule has 2 heterocycles. The van der Waals surface area contributed by atoms with E-state index in [-0.39, 0.29) is 23.3 Å². The van der Waals surface area contributed by atoms with Crippen molar-refractivity contribution in [3.63, 3.8) is 0 Å². The van der Waals surface area contributed by atoms with Gasteiger partial charge in [0.05, 0.1) is 5.75 Å². The van der Waals surface area contributed by atoms with Gasteiger partial charge in [0.15, 0.2) is 5.16 Å². The molecule has 1 N–H and O–H groups in total. The van der Waals surface area contributed by atoms with E-state index < -0.39 is 0 Å². The molecule has 35 heavy (non-hydrogen) atoms. The minimum atomic E-state index is -0.0484. The van der Waals surface area contributed by atoms with Gasteiger partial charge in [0.1, 0.15) is 0 Å². The summed E-state index contributed by atoms with van der Waals surface area (Å²) < 4.78 is 1.57. The fourth-order valence-corrected chi connectivity index (χ4v) is 5.39. The number of aromatic nitrogens is 2. The number of benzene rings is 2. The number of likely N-dealkylation sites (tertiary alicyclic amines) is 1. The van der Waals surface area contributed by atoms with Crippen LogP contribution < -0.4 is 10.9 Å². The van der Waals surface area contributed by atoms with Gasteiger partial charge in [-0.2, -0.15) is 0 Å². The average Bonchev–Trinajstić information content (AvgIpc) is 2.85. The second-order valence-corrected chi connectivity index (χ2v) is 10.3. The fraction of sp³-hybridized carbons (Fsp3) is 0.393. The minimum absolute atomic E-state index is 0.00718. The summed E-state index contributed by atoms with van der Waals surface area (Å²) in [5.74, 6) is 0.244. The lowest BCUT2D eigenvalue weighted by molar-refractivity contribution is -0.119. The van der Waals surface area contributed by atoms with Crippen molar-refractivity contribution >= 4 is 17.7 Å². The molecule has 1 fully saturated rings. The fourth-order valence-electron chi connectivity index (χ4n) is 4.57. The second kappa shape index (κ2) is 11.7. The number of rotatable bonds is 8. The van der Waals surface area contributed by atoms with Crippen molar-refractivity contribution in [3.05, 3.63) is 92.9 Å². The minimum Gasteiger partial charge on any atom is -0.353 e. The van der Waals surface area contributed by atoms with E-state index in [2.05, 4.69) is 45.5 Å². The molecule has 0 radical (unpaired) electrons. The van der Waals surface area contributed by atoms with E-state index >= 15 is 0 Å². The Balaban J connectivity index is 1.28. The zero-order valence-corrected chi connectivity index (χ0v) is 21.6. The predicted molar refractivity (Wildman–Crippen MR) is 142 cm³/mol. The highest BCUT2D eigenvalue weighted by atomic mass is 32.2. The second-order valence-electron chi connectivity index (χ2n) is 9.38. The van der Waals surface area contributed by atoms with Crippen molar-refractivity contribution in [2.45, 2.75) is 50.9 Å². The van der Waals surface area contributed by atoms with Crippen molar-refractivity contribution in [1.29, 1.82) is 0 Å². The molecule has 3 aromatic rings. The topological polar surface area (TPSA) is 67.2 Å². The molecule has 6 nitrogen and oxygen atoms in total. The molecule has 2 aromatic carbocycles. The van der Waals surface area contributed by atoms with Gasteiger partial charge in [-0.3, -0.25) is 19.1 Å². The molecule has 0 unspecified atom stereocenters. The number of amides is 1. The number of piperidine rings is 1. The van der Waals surface area contributed by atoms with E-state index in [4.69, 9.17) is 0 Å². The van der Waals surface area contributed by atoms with Crippen molar-refractivity contribution in [1.82, 2.24) is 19.8 Å².